The number of aryl methyl sites for hydroxylation is 1. The molecule has 1 N–H and O–H groups in total. The van der Waals surface area contributed by atoms with Crippen molar-refractivity contribution in [2.45, 2.75) is 32.6 Å². The van der Waals surface area contributed by atoms with E-state index in [1.54, 1.807) is 12.1 Å². The molecule has 3 rings (SSSR count). The Morgan fingerprint density at radius 2 is 1.94 bits per heavy atom. The lowest BCUT2D eigenvalue weighted by atomic mass is 10.2. The van der Waals surface area contributed by atoms with Crippen molar-refractivity contribution >= 4 is 40.3 Å². The number of carbonyl (C=O) groups excluding carboxylic acids is 2. The van der Waals surface area contributed by atoms with Crippen molar-refractivity contribution in [2.24, 2.45) is 5.10 Å². The molecule has 0 aromatic heterocycles. The second kappa shape index (κ2) is 10.5. The normalized spacial score (nSPS) is 15.4. The van der Waals surface area contributed by atoms with Gasteiger partial charge in [0.15, 0.2) is 5.17 Å². The van der Waals surface area contributed by atoms with Gasteiger partial charge in [-0.25, -0.2) is 5.01 Å². The molecule has 2 amide bonds. The average Bonchev–Trinajstić information content (AvgIpc) is 3.12. The summed E-state index contributed by atoms with van der Waals surface area (Å²) in [5.41, 5.74) is 1.93. The van der Waals surface area contributed by atoms with Crippen LogP contribution >= 0.6 is 23.4 Å². The third kappa shape index (κ3) is 6.38. The largest absolute Gasteiger partial charge is 0.493 e. The highest BCUT2D eigenvalue weighted by Gasteiger charge is 2.32. The molecule has 9 heteroatoms. The van der Waals surface area contributed by atoms with Crippen LogP contribution in [0.25, 0.3) is 0 Å². The van der Waals surface area contributed by atoms with Crippen LogP contribution in [0, 0.1) is 6.92 Å². The molecule has 31 heavy (non-hydrogen) atoms. The van der Waals surface area contributed by atoms with E-state index < -0.39 is 5.37 Å². The zero-order valence-electron chi connectivity index (χ0n) is 17.6. The first-order valence-corrected chi connectivity index (χ1v) is 11.0. The van der Waals surface area contributed by atoms with Crippen LogP contribution in [0.1, 0.15) is 36.8 Å². The van der Waals surface area contributed by atoms with E-state index in [1.165, 1.54) is 30.6 Å². The molecule has 0 spiro atoms. The maximum atomic E-state index is 12.0. The number of hydrogen-bond acceptors (Lipinski definition) is 6. The number of carbonyl (C=O) groups is 2. The minimum Gasteiger partial charge on any atom is -0.493 e. The maximum absolute atomic E-state index is 12.0. The molecule has 0 fully saturated rings. The minimum atomic E-state index is -0.409. The van der Waals surface area contributed by atoms with Crippen LogP contribution in [0.15, 0.2) is 47.6 Å². The first-order valence-electron chi connectivity index (χ1n) is 9.78. The highest BCUT2D eigenvalue weighted by atomic mass is 35.5. The van der Waals surface area contributed by atoms with Crippen LogP contribution in [0.3, 0.4) is 0 Å². The lowest BCUT2D eigenvalue weighted by molar-refractivity contribution is -0.129. The van der Waals surface area contributed by atoms with Crippen LogP contribution in [-0.2, 0) is 9.59 Å². The number of hydrogen-bond donors (Lipinski definition) is 1. The van der Waals surface area contributed by atoms with Gasteiger partial charge in [-0.2, -0.15) is 0 Å². The van der Waals surface area contributed by atoms with E-state index in [0.29, 0.717) is 35.6 Å². The topological polar surface area (TPSA) is 80.2 Å². The van der Waals surface area contributed by atoms with Crippen molar-refractivity contribution in [2.75, 3.05) is 13.2 Å². The summed E-state index contributed by atoms with van der Waals surface area (Å²) < 4.78 is 11.5. The number of nitrogens with one attached hydrogen (secondary N) is 1. The summed E-state index contributed by atoms with van der Waals surface area (Å²) in [6, 6.07) is 13.3. The number of thioether (sulfide) groups is 1. The van der Waals surface area contributed by atoms with Crippen molar-refractivity contribution in [1.29, 1.82) is 0 Å². The molecule has 7 nitrogen and oxygen atoms in total. The van der Waals surface area contributed by atoms with Crippen LogP contribution in [-0.4, -0.2) is 35.2 Å². The quantitative estimate of drug-likeness (QED) is 0.614. The van der Waals surface area contributed by atoms with Crippen LogP contribution in [0.4, 0.5) is 0 Å². The van der Waals surface area contributed by atoms with E-state index in [-0.39, 0.29) is 11.8 Å². The zero-order valence-corrected chi connectivity index (χ0v) is 19.1. The summed E-state index contributed by atoms with van der Waals surface area (Å²) in [6.45, 7) is 5.83. The Kier molecular flexibility index (Phi) is 7.81. The second-order valence-electron chi connectivity index (χ2n) is 6.98. The van der Waals surface area contributed by atoms with Gasteiger partial charge in [0.1, 0.15) is 16.9 Å². The zero-order chi connectivity index (χ0) is 22.4. The number of benzene rings is 2. The van der Waals surface area contributed by atoms with E-state index in [4.69, 9.17) is 21.1 Å². The molecule has 2 aromatic carbocycles. The van der Waals surface area contributed by atoms with Gasteiger partial charge in [0.25, 0.3) is 0 Å². The molecule has 0 unspecified atom stereocenters. The van der Waals surface area contributed by atoms with Crippen molar-refractivity contribution in [1.82, 2.24) is 10.3 Å². The second-order valence-corrected chi connectivity index (χ2v) is 8.45. The smallest absolute Gasteiger partial charge is 0.241 e. The van der Waals surface area contributed by atoms with Gasteiger partial charge in [0.2, 0.25) is 11.8 Å². The molecule has 1 atom stereocenters. The van der Waals surface area contributed by atoms with Crippen LogP contribution in [0.2, 0.25) is 5.02 Å². The fourth-order valence-corrected chi connectivity index (χ4v) is 4.27. The average molecular weight is 462 g/mol. The lowest BCUT2D eigenvalue weighted by Gasteiger charge is -2.20. The third-order valence-corrected chi connectivity index (χ3v) is 5.69. The molecular weight excluding hydrogens is 438 g/mol. The Morgan fingerprint density at radius 3 is 2.61 bits per heavy atom. The van der Waals surface area contributed by atoms with Crippen molar-refractivity contribution < 1.29 is 19.1 Å². The molecule has 0 saturated heterocycles. The Bertz CT molecular complexity index is 998. The number of ether oxygens (including phenoxy) is 2. The van der Waals surface area contributed by atoms with Gasteiger partial charge in [-0.05, 0) is 42.3 Å². The number of rotatable bonds is 7. The number of halogens is 1. The van der Waals surface area contributed by atoms with Gasteiger partial charge < -0.3 is 14.8 Å². The third-order valence-electron chi connectivity index (χ3n) is 4.30. The molecule has 0 bridgehead atoms. The fourth-order valence-electron chi connectivity index (χ4n) is 2.90. The molecule has 1 heterocycles. The molecule has 0 aliphatic carbocycles. The molecule has 2 aromatic rings. The highest BCUT2D eigenvalue weighted by Crippen LogP contribution is 2.40. The molecule has 0 saturated carbocycles. The monoisotopic (exact) mass is 461 g/mol. The molecular formula is C22H24ClN3O4S. The predicted molar refractivity (Wildman–Crippen MR) is 122 cm³/mol. The van der Waals surface area contributed by atoms with E-state index in [2.05, 4.69) is 10.4 Å². The van der Waals surface area contributed by atoms with Gasteiger partial charge in [-0.15, -0.1) is 5.10 Å². The summed E-state index contributed by atoms with van der Waals surface area (Å²) in [7, 11) is 0. The van der Waals surface area contributed by atoms with Crippen molar-refractivity contribution in [3.63, 3.8) is 0 Å². The summed E-state index contributed by atoms with van der Waals surface area (Å²) in [6.07, 6.45) is 0.705. The predicted octanol–water partition coefficient (Wildman–Crippen LogP) is 4.50. The lowest BCUT2D eigenvalue weighted by Crippen LogP contribution is -2.25. The van der Waals surface area contributed by atoms with E-state index in [0.717, 1.165) is 16.9 Å². The van der Waals surface area contributed by atoms with E-state index >= 15 is 0 Å². The molecule has 1 aliphatic heterocycles. The SMILES string of the molecule is CC(=O)NC1=NN(C(C)=O)[C@H](c2ccc(OCCCOc3cccc(C)c3)c(Cl)c2)S1. The number of hydrazone groups is 1. The van der Waals surface area contributed by atoms with Gasteiger partial charge >= 0.3 is 0 Å². The number of nitrogens with zero attached hydrogens (tertiary/aromatic N) is 2. The van der Waals surface area contributed by atoms with Crippen LogP contribution < -0.4 is 14.8 Å². The molecule has 0 radical (unpaired) electrons. The highest BCUT2D eigenvalue weighted by molar-refractivity contribution is 8.14. The Morgan fingerprint density at radius 1 is 1.16 bits per heavy atom. The van der Waals surface area contributed by atoms with Crippen LogP contribution in [0.5, 0.6) is 11.5 Å². The first kappa shape index (κ1) is 23.0. The standard InChI is InChI=1S/C22H24ClN3O4S/c1-14-6-4-7-18(12-14)29-10-5-11-30-20-9-8-17(13-19(20)23)21-26(16(3)28)25-22(31-21)24-15(2)27/h4,6-9,12-13,21H,5,10-11H2,1-3H3,(H,24,25,27)/t21-/m0/s1. The van der Waals surface area contributed by atoms with Crippen molar-refractivity contribution in [3.8, 4) is 11.5 Å². The summed E-state index contributed by atoms with van der Waals surface area (Å²) >= 11 is 7.68. The number of amides is 2. The number of amidine groups is 1. The summed E-state index contributed by atoms with van der Waals surface area (Å²) in [5.74, 6) is 0.917. The van der Waals surface area contributed by atoms with Gasteiger partial charge in [0.05, 0.1) is 18.2 Å². The van der Waals surface area contributed by atoms with E-state index in [9.17, 15) is 9.59 Å². The molecule has 164 valence electrons. The fraction of sp³-hybridized carbons (Fsp3) is 0.318. The van der Waals surface area contributed by atoms with Gasteiger partial charge in [-0.1, -0.05) is 41.6 Å². The summed E-state index contributed by atoms with van der Waals surface area (Å²) in [5, 5.41) is 8.53. The Balaban J connectivity index is 1.54. The van der Waals surface area contributed by atoms with Crippen molar-refractivity contribution in [3.05, 3.63) is 58.6 Å². The maximum Gasteiger partial charge on any atom is 0.241 e. The van der Waals surface area contributed by atoms with Gasteiger partial charge in [-0.3, -0.25) is 9.59 Å². The summed E-state index contributed by atoms with van der Waals surface area (Å²) in [4.78, 5) is 23.3. The molecule has 1 aliphatic rings. The minimum absolute atomic E-state index is 0.233. The van der Waals surface area contributed by atoms with E-state index in [1.807, 2.05) is 37.3 Å². The Hall–Kier alpha value is -2.71. The van der Waals surface area contributed by atoms with Gasteiger partial charge in [0, 0.05) is 20.3 Å². The first-order chi connectivity index (χ1) is 14.8. The Labute approximate surface area is 190 Å².